The van der Waals surface area contributed by atoms with Crippen molar-refractivity contribution in [3.8, 4) is 6.07 Å². The topological polar surface area (TPSA) is 95.4 Å². The van der Waals surface area contributed by atoms with Crippen LogP contribution in [-0.4, -0.2) is 46.3 Å². The van der Waals surface area contributed by atoms with E-state index in [0.717, 1.165) is 23.7 Å². The number of aliphatic imine (C=N–C) groups is 2. The second-order valence-corrected chi connectivity index (χ2v) is 9.43. The van der Waals surface area contributed by atoms with Gasteiger partial charge in [0.2, 0.25) is 0 Å². The molecule has 196 valence electrons. The summed E-state index contributed by atoms with van der Waals surface area (Å²) >= 11 is 6.06. The van der Waals surface area contributed by atoms with Crippen LogP contribution in [0, 0.1) is 17.2 Å². The average Bonchev–Trinajstić information content (AvgIpc) is 3.24. The van der Waals surface area contributed by atoms with Crippen LogP contribution in [0.15, 0.2) is 34.4 Å². The summed E-state index contributed by atoms with van der Waals surface area (Å²) in [6.45, 7) is -0.736. The molecule has 1 saturated carbocycles. The van der Waals surface area contributed by atoms with Crippen molar-refractivity contribution in [3.63, 3.8) is 0 Å². The highest BCUT2D eigenvalue weighted by molar-refractivity contribution is 6.30. The number of aromatic nitrogens is 2. The third kappa shape index (κ3) is 6.52. The van der Waals surface area contributed by atoms with Crippen LogP contribution >= 0.6 is 11.6 Å². The number of carbonyl (C=O) groups is 1. The van der Waals surface area contributed by atoms with Crippen LogP contribution in [0.4, 0.5) is 27.6 Å². The molecule has 0 saturated heterocycles. The molecular formula is C24H22ClF5N6O. The molecule has 0 spiro atoms. The van der Waals surface area contributed by atoms with Gasteiger partial charge in [0.1, 0.15) is 18.3 Å². The highest BCUT2D eigenvalue weighted by atomic mass is 35.5. The van der Waals surface area contributed by atoms with Gasteiger partial charge in [-0.25, -0.2) is 13.8 Å². The number of fused-ring (bicyclic) bond motifs is 1. The smallest absolute Gasteiger partial charge is 0.349 e. The fourth-order valence-electron chi connectivity index (χ4n) is 4.58. The lowest BCUT2D eigenvalue weighted by molar-refractivity contribution is -0.0609. The summed E-state index contributed by atoms with van der Waals surface area (Å²) in [6, 6.07) is 5.15. The van der Waals surface area contributed by atoms with Gasteiger partial charge in [0.15, 0.2) is 5.69 Å². The van der Waals surface area contributed by atoms with Gasteiger partial charge in [-0.05, 0) is 43.4 Å². The van der Waals surface area contributed by atoms with Crippen molar-refractivity contribution in [1.82, 2.24) is 15.1 Å². The Morgan fingerprint density at radius 3 is 2.84 bits per heavy atom. The van der Waals surface area contributed by atoms with E-state index in [4.69, 9.17) is 11.6 Å². The molecule has 13 heteroatoms. The summed E-state index contributed by atoms with van der Waals surface area (Å²) in [4.78, 5) is 21.0. The van der Waals surface area contributed by atoms with Crippen LogP contribution in [0.5, 0.6) is 0 Å². The van der Waals surface area contributed by atoms with Crippen molar-refractivity contribution < 1.29 is 26.7 Å². The van der Waals surface area contributed by atoms with Crippen molar-refractivity contribution in [1.29, 1.82) is 5.26 Å². The lowest BCUT2D eigenvalue weighted by Gasteiger charge is -2.28. The van der Waals surface area contributed by atoms with Gasteiger partial charge in [-0.15, -0.1) is 0 Å². The van der Waals surface area contributed by atoms with Gasteiger partial charge in [0.05, 0.1) is 17.3 Å². The first-order valence-corrected chi connectivity index (χ1v) is 12.0. The van der Waals surface area contributed by atoms with Gasteiger partial charge < -0.3 is 5.32 Å². The maximum absolute atomic E-state index is 13.4. The average molecular weight is 541 g/mol. The molecule has 0 bridgehead atoms. The molecule has 2 aromatic rings. The molecule has 1 aliphatic carbocycles. The van der Waals surface area contributed by atoms with Crippen molar-refractivity contribution in [3.05, 3.63) is 46.2 Å². The lowest BCUT2D eigenvalue weighted by atomic mass is 9.86. The molecule has 4 rings (SSSR count). The lowest BCUT2D eigenvalue weighted by Crippen LogP contribution is -2.38. The van der Waals surface area contributed by atoms with Crippen LogP contribution in [0.25, 0.3) is 0 Å². The number of hydrogen-bond donors (Lipinski definition) is 1. The van der Waals surface area contributed by atoms with Crippen molar-refractivity contribution in [2.75, 3.05) is 0 Å². The number of amides is 1. The minimum atomic E-state index is -4.57. The van der Waals surface area contributed by atoms with Gasteiger partial charge in [-0.1, -0.05) is 18.0 Å². The second-order valence-electron chi connectivity index (χ2n) is 8.99. The number of carbonyl (C=O) groups excluding carboxylic acids is 1. The minimum absolute atomic E-state index is 0.0893. The number of rotatable bonds is 6. The first kappa shape index (κ1) is 26.7. The molecule has 1 aromatic carbocycles. The Bertz CT molecular complexity index is 1270. The SMILES string of the molecule is N#Cc1nn(CC(F)F)cc1C(=O)N[C@@H]1CCC[C@H](C=NC2CC(C(F)(F)F)=Nc3ccc(Cl)cc32)C1. The van der Waals surface area contributed by atoms with E-state index in [2.05, 4.69) is 20.4 Å². The number of nitrogens with zero attached hydrogens (tertiary/aromatic N) is 5. The Kier molecular flexibility index (Phi) is 7.92. The highest BCUT2D eigenvalue weighted by Gasteiger charge is 2.40. The summed E-state index contributed by atoms with van der Waals surface area (Å²) < 4.78 is 66.4. The zero-order chi connectivity index (χ0) is 26.7. The van der Waals surface area contributed by atoms with E-state index in [-0.39, 0.29) is 28.9 Å². The normalized spacial score (nSPS) is 22.0. The van der Waals surface area contributed by atoms with Gasteiger partial charge >= 0.3 is 6.18 Å². The monoisotopic (exact) mass is 540 g/mol. The Balaban J connectivity index is 1.44. The van der Waals surface area contributed by atoms with E-state index in [1.807, 2.05) is 0 Å². The molecule has 37 heavy (non-hydrogen) atoms. The fraction of sp³-hybridized carbons (Fsp3) is 0.458. The molecular weight excluding hydrogens is 519 g/mol. The highest BCUT2D eigenvalue weighted by Crippen LogP contribution is 2.40. The zero-order valence-electron chi connectivity index (χ0n) is 19.4. The zero-order valence-corrected chi connectivity index (χ0v) is 20.1. The molecule has 7 nitrogen and oxygen atoms in total. The standard InChI is InChI=1S/C24H22ClF5N6O/c25-14-4-5-18-16(7-14)19(8-21(34-18)24(28,29)30)32-10-13-2-1-3-15(6-13)33-23(37)17-11-36(12-22(26)27)35-20(17)9-31/h4-5,7,10-11,13,15,19,22H,1-3,6,8,12H2,(H,33,37)/t13-,15+,19?/m0/s1. The predicted octanol–water partition coefficient (Wildman–Crippen LogP) is 5.81. The largest absolute Gasteiger partial charge is 0.429 e. The maximum Gasteiger partial charge on any atom is 0.429 e. The molecule has 2 aliphatic rings. The summed E-state index contributed by atoms with van der Waals surface area (Å²) in [6.07, 6.45) is -2.31. The Morgan fingerprint density at radius 2 is 2.14 bits per heavy atom. The van der Waals surface area contributed by atoms with Gasteiger partial charge in [-0.3, -0.25) is 14.5 Å². The Labute approximate surface area is 214 Å². The van der Waals surface area contributed by atoms with Crippen LogP contribution < -0.4 is 5.32 Å². The quantitative estimate of drug-likeness (QED) is 0.370. The molecule has 0 radical (unpaired) electrons. The van der Waals surface area contributed by atoms with Crippen molar-refractivity contribution in [2.45, 2.75) is 63.3 Å². The van der Waals surface area contributed by atoms with Crippen LogP contribution in [-0.2, 0) is 6.54 Å². The second kappa shape index (κ2) is 11.0. The fourth-order valence-corrected chi connectivity index (χ4v) is 4.76. The number of hydrogen-bond acceptors (Lipinski definition) is 5. The summed E-state index contributed by atoms with van der Waals surface area (Å²) in [5, 5.41) is 16.1. The third-order valence-corrected chi connectivity index (χ3v) is 6.52. The van der Waals surface area contributed by atoms with Crippen molar-refractivity contribution >= 4 is 35.1 Å². The molecule has 3 atom stereocenters. The van der Waals surface area contributed by atoms with Gasteiger partial charge in [-0.2, -0.15) is 23.5 Å². The molecule has 1 fully saturated rings. The summed E-state index contributed by atoms with van der Waals surface area (Å²) in [7, 11) is 0. The number of benzene rings is 1. The molecule has 1 unspecified atom stereocenters. The summed E-state index contributed by atoms with van der Waals surface area (Å²) in [5.41, 5.74) is -0.543. The van der Waals surface area contributed by atoms with Gasteiger partial charge in [0.25, 0.3) is 12.3 Å². The van der Waals surface area contributed by atoms with E-state index >= 15 is 0 Å². The van der Waals surface area contributed by atoms with Crippen molar-refractivity contribution in [2.24, 2.45) is 15.9 Å². The van der Waals surface area contributed by atoms with Crippen LogP contribution in [0.2, 0.25) is 5.02 Å². The van der Waals surface area contributed by atoms with E-state index in [0.29, 0.717) is 23.4 Å². The van der Waals surface area contributed by atoms with E-state index < -0.39 is 43.2 Å². The predicted molar refractivity (Wildman–Crippen MR) is 127 cm³/mol. The first-order valence-electron chi connectivity index (χ1n) is 11.6. The number of nitriles is 1. The number of alkyl halides is 5. The van der Waals surface area contributed by atoms with Gasteiger partial charge in [0, 0.05) is 35.5 Å². The van der Waals surface area contributed by atoms with Crippen LogP contribution in [0.3, 0.4) is 0 Å². The van der Waals surface area contributed by atoms with E-state index in [1.165, 1.54) is 12.1 Å². The Morgan fingerprint density at radius 1 is 1.35 bits per heavy atom. The maximum atomic E-state index is 13.4. The number of nitrogens with one attached hydrogen (secondary N) is 1. The Hall–Kier alpha value is -3.33. The first-order chi connectivity index (χ1) is 17.5. The third-order valence-electron chi connectivity index (χ3n) is 6.28. The number of halogens is 6. The molecule has 2 heterocycles. The minimum Gasteiger partial charge on any atom is -0.349 e. The summed E-state index contributed by atoms with van der Waals surface area (Å²) in [5.74, 6) is -0.701. The molecule has 1 N–H and O–H groups in total. The molecule has 1 amide bonds. The van der Waals surface area contributed by atoms with Crippen LogP contribution in [0.1, 0.15) is 59.8 Å². The molecule has 1 aromatic heterocycles. The van der Waals surface area contributed by atoms with E-state index in [9.17, 15) is 32.0 Å². The molecule has 1 aliphatic heterocycles. The van der Waals surface area contributed by atoms with E-state index in [1.54, 1.807) is 18.4 Å².